The number of carbonyl (C=O) groups excluding carboxylic acids is 2. The first kappa shape index (κ1) is 24.9. The standard InChI is InChI=1S/C23H23F4N5O2S/c1-32(17(11-28)12-2-3-12)20(33)19(23(25,26)27)13-4-9-16-18(10-13)35-22(30-16)31-21(34)29-15-7-5-14(24)6-8-15/h4-10,12,17,19H,2-3,11,28H2,1H3,(H2,29,30,31,34)/t17-,19+/m0/s1. The van der Waals surface area contributed by atoms with Crippen LogP contribution in [0.2, 0.25) is 0 Å². The summed E-state index contributed by atoms with van der Waals surface area (Å²) < 4.78 is 55.5. The monoisotopic (exact) mass is 509 g/mol. The van der Waals surface area contributed by atoms with Crippen LogP contribution in [0.1, 0.15) is 24.3 Å². The highest BCUT2D eigenvalue weighted by molar-refractivity contribution is 7.22. The molecule has 0 aliphatic heterocycles. The van der Waals surface area contributed by atoms with Crippen molar-refractivity contribution in [2.24, 2.45) is 11.7 Å². The number of aromatic nitrogens is 1. The molecule has 12 heteroatoms. The van der Waals surface area contributed by atoms with Gasteiger partial charge in [-0.05, 0) is 60.7 Å². The smallest absolute Gasteiger partial charge is 0.340 e. The Morgan fingerprint density at radius 2 is 1.86 bits per heavy atom. The van der Waals surface area contributed by atoms with Crippen molar-refractivity contribution in [3.63, 3.8) is 0 Å². The number of nitrogens with zero attached hydrogens (tertiary/aromatic N) is 2. The number of anilines is 2. The van der Waals surface area contributed by atoms with E-state index in [1.807, 2.05) is 0 Å². The Morgan fingerprint density at radius 1 is 1.17 bits per heavy atom. The number of carbonyl (C=O) groups is 2. The van der Waals surface area contributed by atoms with E-state index >= 15 is 0 Å². The highest BCUT2D eigenvalue weighted by atomic mass is 32.1. The lowest BCUT2D eigenvalue weighted by Gasteiger charge is -2.31. The third kappa shape index (κ3) is 5.70. The third-order valence-electron chi connectivity index (χ3n) is 5.90. The van der Waals surface area contributed by atoms with E-state index in [9.17, 15) is 27.2 Å². The van der Waals surface area contributed by atoms with Gasteiger partial charge in [0.05, 0.1) is 10.2 Å². The van der Waals surface area contributed by atoms with E-state index in [4.69, 9.17) is 5.73 Å². The number of hydrogen-bond acceptors (Lipinski definition) is 5. The van der Waals surface area contributed by atoms with Crippen LogP contribution in [0.15, 0.2) is 42.5 Å². The van der Waals surface area contributed by atoms with E-state index in [1.165, 1.54) is 49.5 Å². The second-order valence-corrected chi connectivity index (χ2v) is 9.43. The maximum Gasteiger partial charge on any atom is 0.404 e. The van der Waals surface area contributed by atoms with Crippen molar-refractivity contribution in [3.05, 3.63) is 53.8 Å². The van der Waals surface area contributed by atoms with Gasteiger partial charge in [0, 0.05) is 25.3 Å². The van der Waals surface area contributed by atoms with Gasteiger partial charge < -0.3 is 16.0 Å². The summed E-state index contributed by atoms with van der Waals surface area (Å²) in [6, 6.07) is 7.93. The number of halogens is 4. The van der Waals surface area contributed by atoms with E-state index in [-0.39, 0.29) is 23.2 Å². The summed E-state index contributed by atoms with van der Waals surface area (Å²) in [6.07, 6.45) is -3.12. The van der Waals surface area contributed by atoms with Gasteiger partial charge in [0.15, 0.2) is 11.0 Å². The molecular weight excluding hydrogens is 486 g/mol. The van der Waals surface area contributed by atoms with E-state index in [1.54, 1.807) is 0 Å². The number of hydrogen-bond donors (Lipinski definition) is 3. The molecule has 3 amide bonds. The molecular formula is C23H23F4N5O2S. The summed E-state index contributed by atoms with van der Waals surface area (Å²) in [7, 11) is 1.36. The topological polar surface area (TPSA) is 100 Å². The third-order valence-corrected chi connectivity index (χ3v) is 6.83. The van der Waals surface area contributed by atoms with Crippen LogP contribution in [-0.4, -0.2) is 47.6 Å². The van der Waals surface area contributed by atoms with Crippen LogP contribution in [0.5, 0.6) is 0 Å². The molecule has 1 saturated carbocycles. The largest absolute Gasteiger partial charge is 0.404 e. The summed E-state index contributed by atoms with van der Waals surface area (Å²) in [5, 5.41) is 5.17. The van der Waals surface area contributed by atoms with Crippen molar-refractivity contribution in [2.45, 2.75) is 31.0 Å². The van der Waals surface area contributed by atoms with Crippen molar-refractivity contribution in [2.75, 3.05) is 24.2 Å². The Balaban J connectivity index is 1.54. The van der Waals surface area contributed by atoms with Gasteiger partial charge in [0.2, 0.25) is 5.91 Å². The molecule has 0 saturated heterocycles. The lowest BCUT2D eigenvalue weighted by molar-refractivity contribution is -0.172. The first-order valence-corrected chi connectivity index (χ1v) is 11.7. The Bertz CT molecular complexity index is 1230. The number of urea groups is 1. The molecule has 35 heavy (non-hydrogen) atoms. The fraction of sp³-hybridized carbons (Fsp3) is 0.348. The molecule has 2 aromatic carbocycles. The molecule has 2 atom stereocenters. The zero-order chi connectivity index (χ0) is 25.3. The van der Waals surface area contributed by atoms with Crippen LogP contribution >= 0.6 is 11.3 Å². The summed E-state index contributed by atoms with van der Waals surface area (Å²) in [5.41, 5.74) is 6.25. The molecule has 4 N–H and O–H groups in total. The van der Waals surface area contributed by atoms with Crippen LogP contribution in [-0.2, 0) is 4.79 Å². The second kappa shape index (κ2) is 9.78. The number of benzene rings is 2. The minimum absolute atomic E-state index is 0.0976. The first-order chi connectivity index (χ1) is 16.6. The predicted molar refractivity (Wildman–Crippen MR) is 126 cm³/mol. The van der Waals surface area contributed by atoms with Crippen LogP contribution in [0.4, 0.5) is 33.2 Å². The number of nitrogens with two attached hydrogens (primary N) is 1. The zero-order valence-electron chi connectivity index (χ0n) is 18.6. The fourth-order valence-electron chi connectivity index (χ4n) is 3.95. The van der Waals surface area contributed by atoms with Gasteiger partial charge in [0.25, 0.3) is 0 Å². The van der Waals surface area contributed by atoms with Crippen molar-refractivity contribution < 1.29 is 27.2 Å². The zero-order valence-corrected chi connectivity index (χ0v) is 19.4. The van der Waals surface area contributed by atoms with Gasteiger partial charge in [-0.15, -0.1) is 0 Å². The molecule has 0 spiro atoms. The minimum Gasteiger partial charge on any atom is -0.340 e. The summed E-state index contributed by atoms with van der Waals surface area (Å²) in [6.45, 7) is 0.0976. The molecule has 1 heterocycles. The van der Waals surface area contributed by atoms with Crippen molar-refractivity contribution >= 4 is 44.3 Å². The molecule has 3 aromatic rings. The van der Waals surface area contributed by atoms with E-state index in [2.05, 4.69) is 15.6 Å². The normalized spacial score (nSPS) is 15.5. The Morgan fingerprint density at radius 3 is 2.46 bits per heavy atom. The number of nitrogens with one attached hydrogen (secondary N) is 2. The lowest BCUT2D eigenvalue weighted by atomic mass is 9.95. The molecule has 0 unspecified atom stereocenters. The quantitative estimate of drug-likeness (QED) is 0.394. The SMILES string of the molecule is CN(C(=O)[C@@H](c1ccc2nc(NC(=O)Nc3ccc(F)cc3)sc2c1)C(F)(F)F)[C@@H](CN)C1CC1. The highest BCUT2D eigenvalue weighted by Gasteiger charge is 2.49. The van der Waals surface area contributed by atoms with Gasteiger partial charge in [0.1, 0.15) is 5.82 Å². The Hall–Kier alpha value is -3.25. The number of thiazole rings is 1. The number of amides is 3. The molecule has 1 fully saturated rings. The van der Waals surface area contributed by atoms with Gasteiger partial charge >= 0.3 is 12.2 Å². The average molecular weight is 510 g/mol. The van der Waals surface area contributed by atoms with E-state index in [0.29, 0.717) is 15.9 Å². The number of rotatable bonds is 7. The number of alkyl halides is 3. The summed E-state index contributed by atoms with van der Waals surface area (Å²) >= 11 is 0.971. The molecule has 186 valence electrons. The minimum atomic E-state index is -4.80. The van der Waals surface area contributed by atoms with Crippen molar-refractivity contribution in [1.82, 2.24) is 9.88 Å². The lowest BCUT2D eigenvalue weighted by Crippen LogP contribution is -2.48. The van der Waals surface area contributed by atoms with Crippen LogP contribution in [0.3, 0.4) is 0 Å². The molecule has 1 aromatic heterocycles. The van der Waals surface area contributed by atoms with Gasteiger partial charge in [-0.3, -0.25) is 10.1 Å². The molecule has 1 aliphatic rings. The molecule has 0 radical (unpaired) electrons. The maximum absolute atomic E-state index is 14.0. The van der Waals surface area contributed by atoms with Crippen molar-refractivity contribution in [3.8, 4) is 0 Å². The Kier molecular flexibility index (Phi) is 6.95. The summed E-state index contributed by atoms with van der Waals surface area (Å²) in [5.74, 6) is -3.72. The van der Waals surface area contributed by atoms with Crippen LogP contribution in [0, 0.1) is 11.7 Å². The van der Waals surface area contributed by atoms with Crippen LogP contribution in [0.25, 0.3) is 10.2 Å². The maximum atomic E-state index is 14.0. The number of fused-ring (bicyclic) bond motifs is 1. The predicted octanol–water partition coefficient (Wildman–Crippen LogP) is 4.92. The average Bonchev–Trinajstić information content (AvgIpc) is 3.54. The molecule has 1 aliphatic carbocycles. The van der Waals surface area contributed by atoms with E-state index in [0.717, 1.165) is 29.1 Å². The van der Waals surface area contributed by atoms with Crippen molar-refractivity contribution in [1.29, 1.82) is 0 Å². The second-order valence-electron chi connectivity index (χ2n) is 8.40. The van der Waals surface area contributed by atoms with Crippen LogP contribution < -0.4 is 16.4 Å². The van der Waals surface area contributed by atoms with E-state index < -0.39 is 35.9 Å². The molecule has 4 rings (SSSR count). The number of likely N-dealkylation sites (N-methyl/N-ethyl adjacent to an activating group) is 1. The van der Waals surface area contributed by atoms with Gasteiger partial charge in [-0.2, -0.15) is 13.2 Å². The van der Waals surface area contributed by atoms with Gasteiger partial charge in [-0.25, -0.2) is 14.2 Å². The fourth-order valence-corrected chi connectivity index (χ4v) is 4.86. The Labute approximate surface area is 202 Å². The summed E-state index contributed by atoms with van der Waals surface area (Å²) in [4.78, 5) is 30.5. The molecule has 0 bridgehead atoms. The molecule has 7 nitrogen and oxygen atoms in total. The highest BCUT2D eigenvalue weighted by Crippen LogP contribution is 2.41. The first-order valence-electron chi connectivity index (χ1n) is 10.8. The van der Waals surface area contributed by atoms with Gasteiger partial charge in [-0.1, -0.05) is 17.4 Å².